The summed E-state index contributed by atoms with van der Waals surface area (Å²) in [6.45, 7) is 1.61. The maximum atomic E-state index is 12.5. The average molecular weight is 423 g/mol. The lowest BCUT2D eigenvalue weighted by atomic mass is 10.1. The highest BCUT2D eigenvalue weighted by molar-refractivity contribution is 5.95. The van der Waals surface area contributed by atoms with Gasteiger partial charge >= 0.3 is 6.18 Å². The first-order valence-corrected chi connectivity index (χ1v) is 9.37. The molecule has 30 heavy (non-hydrogen) atoms. The van der Waals surface area contributed by atoms with Gasteiger partial charge in [0.15, 0.2) is 0 Å². The highest BCUT2D eigenvalue weighted by Crippen LogP contribution is 2.32. The molecule has 0 aliphatic carbocycles. The first-order valence-electron chi connectivity index (χ1n) is 9.37. The van der Waals surface area contributed by atoms with Gasteiger partial charge in [-0.05, 0) is 49.2 Å². The molecule has 0 radical (unpaired) electrons. The predicted octanol–water partition coefficient (Wildman–Crippen LogP) is 4.02. The predicted molar refractivity (Wildman–Crippen MR) is 104 cm³/mol. The molecular weight excluding hydrogens is 403 g/mol. The Morgan fingerprint density at radius 2 is 1.80 bits per heavy atom. The molecule has 1 fully saturated rings. The summed E-state index contributed by atoms with van der Waals surface area (Å²) in [7, 11) is 0. The van der Waals surface area contributed by atoms with Gasteiger partial charge in [-0.2, -0.15) is 13.2 Å². The number of halogens is 3. The molecule has 1 heterocycles. The lowest BCUT2D eigenvalue weighted by Crippen LogP contribution is -2.28. The van der Waals surface area contributed by atoms with Crippen LogP contribution in [0.4, 0.5) is 24.5 Å². The van der Waals surface area contributed by atoms with Crippen LogP contribution in [0.15, 0.2) is 42.5 Å². The van der Waals surface area contributed by atoms with Crippen molar-refractivity contribution in [2.24, 2.45) is 0 Å². The Kier molecular flexibility index (Phi) is 6.43. The van der Waals surface area contributed by atoms with Gasteiger partial charge in [0.2, 0.25) is 0 Å². The Labute approximate surface area is 170 Å². The van der Waals surface area contributed by atoms with Gasteiger partial charge in [0.05, 0.1) is 17.0 Å². The summed E-state index contributed by atoms with van der Waals surface area (Å²) in [6.07, 6.45) is -2.48. The monoisotopic (exact) mass is 423 g/mol. The Morgan fingerprint density at radius 3 is 2.40 bits per heavy atom. The SMILES string of the molecule is O=C(NCCOc1ccc(C(F)(F)F)cc1)c1ccc(N2CCCC2)c([N+](=O)[O-])c1. The number of alkyl halides is 3. The number of hydrogen-bond donors (Lipinski definition) is 1. The zero-order valence-corrected chi connectivity index (χ0v) is 15.9. The maximum Gasteiger partial charge on any atom is 0.416 e. The Bertz CT molecular complexity index is 911. The highest BCUT2D eigenvalue weighted by Gasteiger charge is 2.30. The standard InChI is InChI=1S/C20H20F3N3O4/c21-20(22,23)15-4-6-16(7-5-15)30-12-9-24-19(27)14-3-8-17(18(13-14)26(28)29)25-10-1-2-11-25/h3-8,13H,1-2,9-12H2,(H,24,27). The van der Waals surface area contributed by atoms with E-state index in [1.165, 1.54) is 24.3 Å². The van der Waals surface area contributed by atoms with E-state index in [4.69, 9.17) is 4.74 Å². The third-order valence-corrected chi connectivity index (χ3v) is 4.72. The summed E-state index contributed by atoms with van der Waals surface area (Å²) < 4.78 is 42.9. The summed E-state index contributed by atoms with van der Waals surface area (Å²) >= 11 is 0. The summed E-state index contributed by atoms with van der Waals surface area (Å²) in [6, 6.07) is 8.59. The molecular formula is C20H20F3N3O4. The first kappa shape index (κ1) is 21.4. The van der Waals surface area contributed by atoms with Crippen molar-refractivity contribution in [3.63, 3.8) is 0 Å². The van der Waals surface area contributed by atoms with Crippen molar-refractivity contribution in [3.8, 4) is 5.75 Å². The number of nitro benzene ring substituents is 1. The molecule has 0 unspecified atom stereocenters. The smallest absolute Gasteiger partial charge is 0.416 e. The molecule has 2 aromatic carbocycles. The van der Waals surface area contributed by atoms with Crippen molar-refractivity contribution in [1.82, 2.24) is 5.32 Å². The second kappa shape index (κ2) is 9.02. The first-order chi connectivity index (χ1) is 14.3. The van der Waals surface area contributed by atoms with Gasteiger partial charge in [0, 0.05) is 24.7 Å². The van der Waals surface area contributed by atoms with E-state index in [1.54, 1.807) is 6.07 Å². The molecule has 160 valence electrons. The van der Waals surface area contributed by atoms with Crippen LogP contribution in [0, 0.1) is 10.1 Å². The zero-order valence-electron chi connectivity index (χ0n) is 15.9. The van der Waals surface area contributed by atoms with Crippen molar-refractivity contribution in [2.75, 3.05) is 31.1 Å². The highest BCUT2D eigenvalue weighted by atomic mass is 19.4. The molecule has 10 heteroatoms. The quantitative estimate of drug-likeness (QED) is 0.413. The second-order valence-corrected chi connectivity index (χ2v) is 6.78. The van der Waals surface area contributed by atoms with Crippen LogP contribution < -0.4 is 15.0 Å². The van der Waals surface area contributed by atoms with Gasteiger partial charge in [-0.25, -0.2) is 0 Å². The number of carbonyl (C=O) groups excluding carboxylic acids is 1. The number of nitro groups is 1. The molecule has 0 bridgehead atoms. The number of benzene rings is 2. The van der Waals surface area contributed by atoms with Gasteiger partial charge in [-0.1, -0.05) is 0 Å². The van der Waals surface area contributed by atoms with E-state index in [2.05, 4.69) is 5.32 Å². The third-order valence-electron chi connectivity index (χ3n) is 4.72. The Balaban J connectivity index is 1.54. The lowest BCUT2D eigenvalue weighted by Gasteiger charge is -2.17. The van der Waals surface area contributed by atoms with Crippen LogP contribution in [0.2, 0.25) is 0 Å². The van der Waals surface area contributed by atoms with Crippen LogP contribution in [0.3, 0.4) is 0 Å². The molecule has 2 aromatic rings. The van der Waals surface area contributed by atoms with Crippen LogP contribution in [-0.2, 0) is 6.18 Å². The van der Waals surface area contributed by atoms with Crippen molar-refractivity contribution in [1.29, 1.82) is 0 Å². The van der Waals surface area contributed by atoms with Crippen molar-refractivity contribution < 1.29 is 27.6 Å². The van der Waals surface area contributed by atoms with Gasteiger partial charge in [-0.3, -0.25) is 14.9 Å². The summed E-state index contributed by atoms with van der Waals surface area (Å²) in [4.78, 5) is 25.1. The summed E-state index contributed by atoms with van der Waals surface area (Å²) in [5.74, 6) is -0.259. The van der Waals surface area contributed by atoms with Crippen molar-refractivity contribution in [3.05, 3.63) is 63.7 Å². The molecule has 1 amide bonds. The summed E-state index contributed by atoms with van der Waals surface area (Å²) in [5.41, 5.74) is -0.244. The fourth-order valence-electron chi connectivity index (χ4n) is 3.21. The number of nitrogens with zero attached hydrogens (tertiary/aromatic N) is 2. The fraction of sp³-hybridized carbons (Fsp3) is 0.350. The molecule has 0 saturated carbocycles. The Morgan fingerprint density at radius 1 is 1.13 bits per heavy atom. The number of hydrogen-bond acceptors (Lipinski definition) is 5. The summed E-state index contributed by atoms with van der Waals surface area (Å²) in [5, 5.41) is 14.0. The van der Waals surface area contributed by atoms with Gasteiger partial charge in [0.1, 0.15) is 18.0 Å². The molecule has 1 N–H and O–H groups in total. The molecule has 7 nitrogen and oxygen atoms in total. The van der Waals surface area contributed by atoms with Crippen LogP contribution in [0.25, 0.3) is 0 Å². The minimum atomic E-state index is -4.42. The van der Waals surface area contributed by atoms with Crippen molar-refractivity contribution >= 4 is 17.3 Å². The fourth-order valence-corrected chi connectivity index (χ4v) is 3.21. The normalized spacial score (nSPS) is 13.9. The van der Waals surface area contributed by atoms with E-state index < -0.39 is 22.6 Å². The van der Waals surface area contributed by atoms with E-state index in [0.717, 1.165) is 38.1 Å². The lowest BCUT2D eigenvalue weighted by molar-refractivity contribution is -0.384. The molecule has 3 rings (SSSR count). The average Bonchev–Trinajstić information content (AvgIpc) is 3.25. The van der Waals surface area contributed by atoms with E-state index >= 15 is 0 Å². The topological polar surface area (TPSA) is 84.7 Å². The van der Waals surface area contributed by atoms with Crippen LogP contribution >= 0.6 is 0 Å². The molecule has 1 aliphatic rings. The largest absolute Gasteiger partial charge is 0.492 e. The van der Waals surface area contributed by atoms with Gasteiger partial charge in [0.25, 0.3) is 11.6 Å². The number of amides is 1. The molecule has 1 saturated heterocycles. The minimum Gasteiger partial charge on any atom is -0.492 e. The minimum absolute atomic E-state index is 0.0328. The zero-order chi connectivity index (χ0) is 21.7. The molecule has 0 spiro atoms. The second-order valence-electron chi connectivity index (χ2n) is 6.78. The number of nitrogens with one attached hydrogen (secondary N) is 1. The van der Waals surface area contributed by atoms with Gasteiger partial charge < -0.3 is 15.0 Å². The number of rotatable bonds is 7. The number of carbonyl (C=O) groups is 1. The third kappa shape index (κ3) is 5.19. The van der Waals surface area contributed by atoms with Crippen LogP contribution in [0.5, 0.6) is 5.75 Å². The molecule has 1 aliphatic heterocycles. The van der Waals surface area contributed by atoms with Gasteiger partial charge in [-0.15, -0.1) is 0 Å². The molecule has 0 atom stereocenters. The number of ether oxygens (including phenoxy) is 1. The van der Waals surface area contributed by atoms with E-state index in [1.807, 2.05) is 4.90 Å². The van der Waals surface area contributed by atoms with E-state index in [9.17, 15) is 28.1 Å². The maximum absolute atomic E-state index is 12.5. The Hall–Kier alpha value is -3.30. The van der Waals surface area contributed by atoms with Crippen molar-refractivity contribution in [2.45, 2.75) is 19.0 Å². The van der Waals surface area contributed by atoms with E-state index in [-0.39, 0.29) is 30.2 Å². The number of anilines is 1. The van der Waals surface area contributed by atoms with E-state index in [0.29, 0.717) is 5.69 Å². The van der Waals surface area contributed by atoms with Crippen LogP contribution in [-0.4, -0.2) is 37.1 Å². The van der Waals surface area contributed by atoms with Crippen LogP contribution in [0.1, 0.15) is 28.8 Å². The molecule has 0 aromatic heterocycles.